The molecule has 0 aromatic rings. The molecule has 0 aliphatic rings. The van der Waals surface area contributed by atoms with Crippen LogP contribution in [0.15, 0.2) is 12.2 Å². The molecule has 0 aromatic carbocycles. The number of carboxylic acid groups (broad SMARTS) is 1. The lowest BCUT2D eigenvalue weighted by Gasteiger charge is -2.08. The molecule has 0 rings (SSSR count). The van der Waals surface area contributed by atoms with Crippen LogP contribution in [0.4, 0.5) is 0 Å². The van der Waals surface area contributed by atoms with Crippen LogP contribution >= 0.6 is 0 Å². The van der Waals surface area contributed by atoms with Gasteiger partial charge in [0.1, 0.15) is 0 Å². The molecule has 0 bridgehead atoms. The quantitative estimate of drug-likeness (QED) is 0.315. The summed E-state index contributed by atoms with van der Waals surface area (Å²) in [6, 6.07) is 0. The number of hydrogen-bond donors (Lipinski definition) is 3. The SMILES string of the molecule is CCCCCCCCC(O)/C=C/C(O)CCCCCC(=O)O. The molecule has 0 fully saturated rings. The van der Waals surface area contributed by atoms with Gasteiger partial charge in [-0.1, -0.05) is 70.4 Å². The van der Waals surface area contributed by atoms with Gasteiger partial charge in [0, 0.05) is 6.42 Å². The molecule has 22 heavy (non-hydrogen) atoms. The second-order valence-corrected chi connectivity index (χ2v) is 6.07. The second kappa shape index (κ2) is 15.0. The first-order valence-corrected chi connectivity index (χ1v) is 8.82. The summed E-state index contributed by atoms with van der Waals surface area (Å²) in [6.07, 6.45) is 13.5. The Hall–Kier alpha value is -0.870. The fourth-order valence-electron chi connectivity index (χ4n) is 2.39. The minimum absolute atomic E-state index is 0.197. The highest BCUT2D eigenvalue weighted by Crippen LogP contribution is 2.11. The van der Waals surface area contributed by atoms with Crippen molar-refractivity contribution in [1.82, 2.24) is 0 Å². The molecule has 2 atom stereocenters. The van der Waals surface area contributed by atoms with Gasteiger partial charge < -0.3 is 15.3 Å². The molecule has 0 aliphatic heterocycles. The lowest BCUT2D eigenvalue weighted by molar-refractivity contribution is -0.137. The first-order chi connectivity index (χ1) is 10.6. The molecule has 4 heteroatoms. The lowest BCUT2D eigenvalue weighted by Crippen LogP contribution is -2.07. The van der Waals surface area contributed by atoms with Crippen molar-refractivity contribution in [2.45, 2.75) is 96.2 Å². The smallest absolute Gasteiger partial charge is 0.303 e. The summed E-state index contributed by atoms with van der Waals surface area (Å²) in [4.78, 5) is 10.3. The van der Waals surface area contributed by atoms with Crippen molar-refractivity contribution in [1.29, 1.82) is 0 Å². The van der Waals surface area contributed by atoms with Gasteiger partial charge in [-0.2, -0.15) is 0 Å². The maximum atomic E-state index is 10.3. The number of carboxylic acids is 1. The maximum Gasteiger partial charge on any atom is 0.303 e. The fraction of sp³-hybridized carbons (Fsp3) is 0.833. The Morgan fingerprint density at radius 1 is 0.818 bits per heavy atom. The predicted molar refractivity (Wildman–Crippen MR) is 89.9 cm³/mol. The molecule has 0 aromatic heterocycles. The van der Waals surface area contributed by atoms with E-state index in [0.29, 0.717) is 12.8 Å². The van der Waals surface area contributed by atoms with Crippen molar-refractivity contribution in [3.8, 4) is 0 Å². The van der Waals surface area contributed by atoms with Crippen molar-refractivity contribution >= 4 is 5.97 Å². The van der Waals surface area contributed by atoms with E-state index in [1.807, 2.05) is 0 Å². The van der Waals surface area contributed by atoms with E-state index in [-0.39, 0.29) is 6.42 Å². The Labute approximate surface area is 135 Å². The zero-order valence-electron chi connectivity index (χ0n) is 14.0. The van der Waals surface area contributed by atoms with Crippen LogP contribution in [-0.2, 0) is 4.79 Å². The number of aliphatic hydroxyl groups excluding tert-OH is 2. The lowest BCUT2D eigenvalue weighted by atomic mass is 10.1. The van der Waals surface area contributed by atoms with E-state index in [1.54, 1.807) is 12.2 Å². The van der Waals surface area contributed by atoms with Gasteiger partial charge in [-0.25, -0.2) is 0 Å². The Morgan fingerprint density at radius 2 is 1.27 bits per heavy atom. The fourth-order valence-corrected chi connectivity index (χ4v) is 2.39. The van der Waals surface area contributed by atoms with E-state index < -0.39 is 18.2 Å². The van der Waals surface area contributed by atoms with Gasteiger partial charge in [-0.15, -0.1) is 0 Å². The molecule has 0 amide bonds. The summed E-state index contributed by atoms with van der Waals surface area (Å²) in [6.45, 7) is 2.20. The minimum atomic E-state index is -0.765. The highest BCUT2D eigenvalue weighted by molar-refractivity contribution is 5.66. The van der Waals surface area contributed by atoms with Crippen LogP contribution in [0.5, 0.6) is 0 Å². The molecule has 0 aliphatic carbocycles. The number of carbonyl (C=O) groups is 1. The van der Waals surface area contributed by atoms with Crippen LogP contribution in [0.1, 0.15) is 84.0 Å². The second-order valence-electron chi connectivity index (χ2n) is 6.07. The summed E-state index contributed by atoms with van der Waals surface area (Å²) in [7, 11) is 0. The van der Waals surface area contributed by atoms with Gasteiger partial charge in [-0.3, -0.25) is 4.79 Å². The molecule has 0 saturated heterocycles. The predicted octanol–water partition coefficient (Wildman–Crippen LogP) is 4.05. The summed E-state index contributed by atoms with van der Waals surface area (Å²) >= 11 is 0. The highest BCUT2D eigenvalue weighted by Gasteiger charge is 2.03. The van der Waals surface area contributed by atoms with Crippen molar-refractivity contribution in [2.75, 3.05) is 0 Å². The molecule has 130 valence electrons. The standard InChI is InChI=1S/C18H34O4/c1-2-3-4-5-6-8-11-16(19)14-15-17(20)12-9-7-10-13-18(21)22/h14-17,19-20H,2-13H2,1H3,(H,21,22)/b15-14+. The van der Waals surface area contributed by atoms with E-state index in [9.17, 15) is 15.0 Å². The van der Waals surface area contributed by atoms with E-state index in [2.05, 4.69) is 6.92 Å². The summed E-state index contributed by atoms with van der Waals surface area (Å²) in [5, 5.41) is 28.1. The Bertz CT molecular complexity index is 289. The van der Waals surface area contributed by atoms with Crippen molar-refractivity contribution in [3.63, 3.8) is 0 Å². The van der Waals surface area contributed by atoms with Gasteiger partial charge in [-0.05, 0) is 19.3 Å². The van der Waals surface area contributed by atoms with Gasteiger partial charge >= 0.3 is 5.97 Å². The Balaban J connectivity index is 3.52. The number of hydrogen-bond acceptors (Lipinski definition) is 3. The zero-order valence-corrected chi connectivity index (χ0v) is 14.0. The van der Waals surface area contributed by atoms with Gasteiger partial charge in [0.2, 0.25) is 0 Å². The van der Waals surface area contributed by atoms with E-state index in [1.165, 1.54) is 25.7 Å². The van der Waals surface area contributed by atoms with Crippen molar-refractivity contribution < 1.29 is 20.1 Å². The summed E-state index contributed by atoms with van der Waals surface area (Å²) < 4.78 is 0. The van der Waals surface area contributed by atoms with E-state index in [0.717, 1.165) is 32.1 Å². The van der Waals surface area contributed by atoms with Crippen LogP contribution in [-0.4, -0.2) is 33.5 Å². The van der Waals surface area contributed by atoms with Crippen LogP contribution < -0.4 is 0 Å². The number of aliphatic hydroxyl groups is 2. The minimum Gasteiger partial charge on any atom is -0.481 e. The van der Waals surface area contributed by atoms with Gasteiger partial charge in [0.15, 0.2) is 0 Å². The first-order valence-electron chi connectivity index (χ1n) is 8.82. The zero-order chi connectivity index (χ0) is 16.6. The molecule has 0 heterocycles. The third kappa shape index (κ3) is 15.5. The molecular formula is C18H34O4. The van der Waals surface area contributed by atoms with Crippen LogP contribution in [0.25, 0.3) is 0 Å². The third-order valence-electron chi connectivity index (χ3n) is 3.80. The molecule has 4 nitrogen and oxygen atoms in total. The van der Waals surface area contributed by atoms with E-state index in [4.69, 9.17) is 5.11 Å². The van der Waals surface area contributed by atoms with Crippen LogP contribution in [0.2, 0.25) is 0 Å². The molecular weight excluding hydrogens is 280 g/mol. The largest absolute Gasteiger partial charge is 0.481 e. The number of rotatable bonds is 15. The Kier molecular flexibility index (Phi) is 14.4. The van der Waals surface area contributed by atoms with Gasteiger partial charge in [0.05, 0.1) is 12.2 Å². The summed E-state index contributed by atoms with van der Waals surface area (Å²) in [5.74, 6) is -0.765. The van der Waals surface area contributed by atoms with Crippen LogP contribution in [0, 0.1) is 0 Å². The maximum absolute atomic E-state index is 10.3. The van der Waals surface area contributed by atoms with Crippen LogP contribution in [0.3, 0.4) is 0 Å². The molecule has 2 unspecified atom stereocenters. The van der Waals surface area contributed by atoms with Crippen molar-refractivity contribution in [2.24, 2.45) is 0 Å². The summed E-state index contributed by atoms with van der Waals surface area (Å²) in [5.41, 5.74) is 0. The topological polar surface area (TPSA) is 77.8 Å². The van der Waals surface area contributed by atoms with Crippen molar-refractivity contribution in [3.05, 3.63) is 12.2 Å². The molecule has 0 spiro atoms. The average molecular weight is 314 g/mol. The normalized spacial score (nSPS) is 14.3. The number of unbranched alkanes of at least 4 members (excludes halogenated alkanes) is 7. The highest BCUT2D eigenvalue weighted by atomic mass is 16.4. The molecule has 3 N–H and O–H groups in total. The average Bonchev–Trinajstić information content (AvgIpc) is 2.48. The number of aliphatic carboxylic acids is 1. The van der Waals surface area contributed by atoms with E-state index >= 15 is 0 Å². The third-order valence-corrected chi connectivity index (χ3v) is 3.80. The monoisotopic (exact) mass is 314 g/mol. The molecule has 0 saturated carbocycles. The molecule has 0 radical (unpaired) electrons. The Morgan fingerprint density at radius 3 is 1.77 bits per heavy atom. The first kappa shape index (κ1) is 21.1. The van der Waals surface area contributed by atoms with Gasteiger partial charge in [0.25, 0.3) is 0 Å².